The first-order valence-corrected chi connectivity index (χ1v) is 13.2. The SMILES string of the molecule is C.CN(CC(N)=O)C(=O)OCc1cccc2nnc([C@@H](COCc3ccccc3-c3cccnc3)NC(=O)C(C)(C)N)n12. The number of hydrogen-bond donors (Lipinski definition) is 3. The lowest BCUT2D eigenvalue weighted by Gasteiger charge is -2.24. The number of rotatable bonds is 12. The molecule has 0 saturated heterocycles. The number of nitrogens with one attached hydrogen (secondary N) is 1. The summed E-state index contributed by atoms with van der Waals surface area (Å²) in [5, 5.41) is 11.5. The van der Waals surface area contributed by atoms with Crippen LogP contribution in [0.5, 0.6) is 0 Å². The van der Waals surface area contributed by atoms with E-state index in [1.807, 2.05) is 36.4 Å². The fraction of sp³-hybridized carbons (Fsp3) is 0.333. The minimum Gasteiger partial charge on any atom is -0.443 e. The molecule has 1 atom stereocenters. The molecule has 4 aromatic rings. The van der Waals surface area contributed by atoms with Gasteiger partial charge in [0.1, 0.15) is 19.2 Å². The van der Waals surface area contributed by atoms with Gasteiger partial charge in [0.2, 0.25) is 11.8 Å². The van der Waals surface area contributed by atoms with Crippen molar-refractivity contribution < 1.29 is 23.9 Å². The second-order valence-electron chi connectivity index (χ2n) is 10.3. The number of pyridine rings is 2. The Morgan fingerprint density at radius 1 is 1.05 bits per heavy atom. The molecule has 0 fully saturated rings. The third-order valence-corrected chi connectivity index (χ3v) is 6.32. The van der Waals surface area contributed by atoms with Crippen LogP contribution in [0.15, 0.2) is 67.0 Å². The van der Waals surface area contributed by atoms with E-state index in [1.54, 1.807) is 48.8 Å². The summed E-state index contributed by atoms with van der Waals surface area (Å²) in [6, 6.07) is 16.1. The minimum atomic E-state index is -1.17. The summed E-state index contributed by atoms with van der Waals surface area (Å²) >= 11 is 0. The van der Waals surface area contributed by atoms with Crippen LogP contribution in [0.4, 0.5) is 4.79 Å². The van der Waals surface area contributed by atoms with Crippen LogP contribution < -0.4 is 16.8 Å². The zero-order chi connectivity index (χ0) is 30.3. The third-order valence-electron chi connectivity index (χ3n) is 6.32. The first-order valence-electron chi connectivity index (χ1n) is 13.2. The number of ether oxygens (including phenoxy) is 2. The fourth-order valence-electron chi connectivity index (χ4n) is 4.18. The molecular formula is C30H38N8O5. The van der Waals surface area contributed by atoms with Gasteiger partial charge in [-0.3, -0.25) is 19.0 Å². The van der Waals surface area contributed by atoms with Gasteiger partial charge in [-0.25, -0.2) is 4.79 Å². The Morgan fingerprint density at radius 3 is 2.51 bits per heavy atom. The number of primary amides is 1. The number of amides is 3. The molecule has 3 aromatic heterocycles. The number of benzene rings is 1. The number of nitrogens with zero attached hydrogens (tertiary/aromatic N) is 5. The summed E-state index contributed by atoms with van der Waals surface area (Å²) in [6.45, 7) is 3.04. The molecule has 13 heteroatoms. The fourth-order valence-corrected chi connectivity index (χ4v) is 4.18. The van der Waals surface area contributed by atoms with Crippen molar-refractivity contribution in [1.29, 1.82) is 0 Å². The van der Waals surface area contributed by atoms with Crippen LogP contribution in [-0.2, 0) is 32.3 Å². The highest BCUT2D eigenvalue weighted by Crippen LogP contribution is 2.24. The number of aromatic nitrogens is 4. The molecule has 13 nitrogen and oxygen atoms in total. The van der Waals surface area contributed by atoms with Crippen molar-refractivity contribution in [2.75, 3.05) is 20.2 Å². The molecule has 43 heavy (non-hydrogen) atoms. The Balaban J connectivity index is 0.00000506. The van der Waals surface area contributed by atoms with Crippen LogP contribution in [0.25, 0.3) is 16.8 Å². The van der Waals surface area contributed by atoms with Crippen molar-refractivity contribution in [2.24, 2.45) is 11.5 Å². The molecule has 1 aromatic carbocycles. The minimum absolute atomic E-state index is 0. The molecule has 0 radical (unpaired) electrons. The molecule has 3 amide bonds. The predicted octanol–water partition coefficient (Wildman–Crippen LogP) is 2.59. The molecule has 0 aliphatic rings. The Hall–Kier alpha value is -4.88. The number of carbonyl (C=O) groups excluding carboxylic acids is 3. The third kappa shape index (κ3) is 8.33. The van der Waals surface area contributed by atoms with Gasteiger partial charge in [0, 0.05) is 25.0 Å². The largest absolute Gasteiger partial charge is 0.443 e. The van der Waals surface area contributed by atoms with Crippen molar-refractivity contribution in [2.45, 2.75) is 46.1 Å². The van der Waals surface area contributed by atoms with E-state index in [4.69, 9.17) is 20.9 Å². The smallest absolute Gasteiger partial charge is 0.410 e. The Morgan fingerprint density at radius 2 is 1.81 bits per heavy atom. The lowest BCUT2D eigenvalue weighted by Crippen LogP contribution is -2.51. The average molecular weight is 591 g/mol. The van der Waals surface area contributed by atoms with Crippen LogP contribution in [0.1, 0.15) is 44.4 Å². The van der Waals surface area contributed by atoms with Gasteiger partial charge in [-0.1, -0.05) is 43.8 Å². The summed E-state index contributed by atoms with van der Waals surface area (Å²) < 4.78 is 13.2. The number of likely N-dealkylation sites (N-methyl/N-ethyl adjacent to an activating group) is 1. The highest BCUT2D eigenvalue weighted by atomic mass is 16.6. The summed E-state index contributed by atoms with van der Waals surface area (Å²) in [4.78, 5) is 41.8. The quantitative estimate of drug-likeness (QED) is 0.223. The number of carbonyl (C=O) groups is 3. The molecule has 4 rings (SSSR count). The van der Waals surface area contributed by atoms with E-state index in [1.165, 1.54) is 7.05 Å². The lowest BCUT2D eigenvalue weighted by molar-refractivity contribution is -0.126. The summed E-state index contributed by atoms with van der Waals surface area (Å²) in [5.41, 5.74) is 13.9. The van der Waals surface area contributed by atoms with Gasteiger partial charge in [0.15, 0.2) is 11.5 Å². The number of hydrogen-bond acceptors (Lipinski definition) is 9. The molecule has 0 unspecified atom stereocenters. The van der Waals surface area contributed by atoms with Crippen LogP contribution >= 0.6 is 0 Å². The lowest BCUT2D eigenvalue weighted by atomic mass is 10.0. The highest BCUT2D eigenvalue weighted by Gasteiger charge is 2.29. The van der Waals surface area contributed by atoms with E-state index in [-0.39, 0.29) is 33.8 Å². The molecule has 3 heterocycles. The van der Waals surface area contributed by atoms with Crippen LogP contribution in [0, 0.1) is 0 Å². The Labute approximate surface area is 250 Å². The first-order chi connectivity index (χ1) is 20.0. The van der Waals surface area contributed by atoms with E-state index in [0.717, 1.165) is 21.6 Å². The topological polar surface area (TPSA) is 180 Å². The van der Waals surface area contributed by atoms with E-state index in [2.05, 4.69) is 20.5 Å². The van der Waals surface area contributed by atoms with Gasteiger partial charge in [0.05, 0.1) is 24.4 Å². The van der Waals surface area contributed by atoms with Gasteiger partial charge in [0.25, 0.3) is 0 Å². The molecule has 5 N–H and O–H groups in total. The van der Waals surface area contributed by atoms with Crippen molar-refractivity contribution in [3.8, 4) is 11.1 Å². The van der Waals surface area contributed by atoms with E-state index in [0.29, 0.717) is 17.2 Å². The average Bonchev–Trinajstić information content (AvgIpc) is 3.40. The maximum Gasteiger partial charge on any atom is 0.410 e. The van der Waals surface area contributed by atoms with Crippen LogP contribution in [0.3, 0.4) is 0 Å². The first kappa shape index (κ1) is 32.6. The maximum atomic E-state index is 13.0. The van der Waals surface area contributed by atoms with Crippen molar-refractivity contribution in [3.05, 3.63) is 84.1 Å². The van der Waals surface area contributed by atoms with E-state index in [9.17, 15) is 14.4 Å². The van der Waals surface area contributed by atoms with Gasteiger partial charge in [-0.15, -0.1) is 10.2 Å². The summed E-state index contributed by atoms with van der Waals surface area (Å²) in [7, 11) is 1.40. The second kappa shape index (κ2) is 14.3. The second-order valence-corrected chi connectivity index (χ2v) is 10.3. The normalized spacial score (nSPS) is 11.8. The van der Waals surface area contributed by atoms with Crippen molar-refractivity contribution >= 4 is 23.6 Å². The summed E-state index contributed by atoms with van der Waals surface area (Å²) in [6.07, 6.45) is 2.77. The maximum absolute atomic E-state index is 13.0. The Kier molecular flexibility index (Phi) is 10.9. The van der Waals surface area contributed by atoms with E-state index >= 15 is 0 Å². The van der Waals surface area contributed by atoms with Crippen LogP contribution in [-0.4, -0.2) is 68.1 Å². The molecule has 0 aliphatic heterocycles. The zero-order valence-electron chi connectivity index (χ0n) is 23.7. The van der Waals surface area contributed by atoms with Gasteiger partial charge in [-0.2, -0.15) is 0 Å². The number of fused-ring (bicyclic) bond motifs is 1. The molecule has 0 bridgehead atoms. The van der Waals surface area contributed by atoms with Crippen LogP contribution in [0.2, 0.25) is 0 Å². The van der Waals surface area contributed by atoms with Gasteiger partial charge in [-0.05, 0) is 43.2 Å². The van der Waals surface area contributed by atoms with Crippen molar-refractivity contribution in [3.63, 3.8) is 0 Å². The van der Waals surface area contributed by atoms with Gasteiger partial charge < -0.3 is 31.2 Å². The van der Waals surface area contributed by atoms with Crippen molar-refractivity contribution in [1.82, 2.24) is 29.8 Å². The predicted molar refractivity (Wildman–Crippen MR) is 160 cm³/mol. The van der Waals surface area contributed by atoms with Gasteiger partial charge >= 0.3 is 6.09 Å². The number of nitrogens with two attached hydrogens (primary N) is 2. The van der Waals surface area contributed by atoms with E-state index < -0.39 is 29.5 Å². The molecule has 0 saturated carbocycles. The highest BCUT2D eigenvalue weighted by molar-refractivity contribution is 5.85. The Bertz CT molecular complexity index is 1550. The molecule has 228 valence electrons. The molecular weight excluding hydrogens is 552 g/mol. The monoisotopic (exact) mass is 590 g/mol. The zero-order valence-corrected chi connectivity index (χ0v) is 23.7. The molecule has 0 spiro atoms. The molecule has 0 aliphatic carbocycles. The summed E-state index contributed by atoms with van der Waals surface area (Å²) in [5.74, 6) is -0.719. The standard InChI is InChI=1S/C29H34N8O5.CH4/c1-29(2,31)27(39)33-23(18-41-16-20-8-4-5-11-22(20)19-9-7-13-32-14-19)26-35-34-25-12-6-10-21(37(25)26)17-42-28(40)36(3)15-24(30)38;/h4-14,23H,15-18,31H2,1-3H3,(H2,30,38)(H,33,39);1H4/t23-;/m1./s1.